The summed E-state index contributed by atoms with van der Waals surface area (Å²) in [4.78, 5) is 17.9. The van der Waals surface area contributed by atoms with E-state index in [1.54, 1.807) is 0 Å². The monoisotopic (exact) mass is 349 g/mol. The van der Waals surface area contributed by atoms with Crippen molar-refractivity contribution in [2.24, 2.45) is 0 Å². The third-order valence-corrected chi connectivity index (χ3v) is 5.33. The molecule has 1 heterocycles. The molecule has 0 saturated heterocycles. The largest absolute Gasteiger partial charge is 0.289 e. The molecule has 0 fully saturated rings. The molecule has 0 aliphatic heterocycles. The first-order valence-electron chi connectivity index (χ1n) is 9.19. The van der Waals surface area contributed by atoms with Crippen LogP contribution in [-0.4, -0.2) is 10.8 Å². The Morgan fingerprint density at radius 3 is 2.19 bits per heavy atom. The molecule has 0 saturated carbocycles. The smallest absolute Gasteiger partial charge is 0.194 e. The second-order valence-corrected chi connectivity index (χ2v) is 7.51. The Morgan fingerprint density at radius 1 is 0.667 bits per heavy atom. The molecule has 0 unspecified atom stereocenters. The molecular weight excluding hydrogens is 330 g/mol. The second-order valence-electron chi connectivity index (χ2n) is 7.51. The third kappa shape index (κ3) is 2.41. The molecule has 0 N–H and O–H groups in total. The molecule has 1 aliphatic rings. The maximum Gasteiger partial charge on any atom is 0.194 e. The number of aryl methyl sites for hydroxylation is 3. The molecule has 0 spiro atoms. The average Bonchev–Trinajstić information content (AvgIpc) is 2.92. The van der Waals surface area contributed by atoms with Crippen LogP contribution in [0.3, 0.4) is 0 Å². The van der Waals surface area contributed by atoms with Gasteiger partial charge in [0.25, 0.3) is 0 Å². The van der Waals surface area contributed by atoms with Crippen LogP contribution in [0.1, 0.15) is 32.6 Å². The third-order valence-electron chi connectivity index (χ3n) is 5.33. The molecule has 3 aromatic carbocycles. The van der Waals surface area contributed by atoms with E-state index in [4.69, 9.17) is 4.98 Å². The molecule has 0 bridgehead atoms. The minimum atomic E-state index is 0.107. The summed E-state index contributed by atoms with van der Waals surface area (Å²) in [5.41, 5.74) is 10.1. The normalized spacial score (nSPS) is 12.3. The van der Waals surface area contributed by atoms with E-state index >= 15 is 0 Å². The lowest BCUT2D eigenvalue weighted by atomic mass is 9.99. The average molecular weight is 349 g/mol. The fourth-order valence-electron chi connectivity index (χ4n) is 4.17. The Balaban J connectivity index is 1.71. The molecule has 130 valence electrons. The minimum Gasteiger partial charge on any atom is -0.289 e. The lowest BCUT2D eigenvalue weighted by Gasteiger charge is -2.08. The summed E-state index contributed by atoms with van der Waals surface area (Å²) in [6, 6.07) is 20.7. The SMILES string of the molecule is Cc1cc(C)cc(-c2ccc3c4c(ccc3n2)-c2ccc(C)cc2C4=O)c1. The number of carbonyl (C=O) groups excluding carboxylic acids is 1. The summed E-state index contributed by atoms with van der Waals surface area (Å²) in [5.74, 6) is 0.107. The van der Waals surface area contributed by atoms with Gasteiger partial charge in [0.05, 0.1) is 11.2 Å². The van der Waals surface area contributed by atoms with Crippen molar-refractivity contribution in [3.05, 3.63) is 88.5 Å². The molecule has 2 nitrogen and oxygen atoms in total. The van der Waals surface area contributed by atoms with Gasteiger partial charge in [0.15, 0.2) is 5.78 Å². The van der Waals surface area contributed by atoms with Crippen LogP contribution in [0.25, 0.3) is 33.3 Å². The van der Waals surface area contributed by atoms with Gasteiger partial charge in [-0.15, -0.1) is 0 Å². The van der Waals surface area contributed by atoms with Crippen molar-refractivity contribution in [2.75, 3.05) is 0 Å². The highest BCUT2D eigenvalue weighted by molar-refractivity contribution is 6.27. The summed E-state index contributed by atoms with van der Waals surface area (Å²) in [6.07, 6.45) is 0. The maximum atomic E-state index is 13.1. The lowest BCUT2D eigenvalue weighted by Crippen LogP contribution is -1.98. The number of ketones is 1. The standard InChI is InChI=1S/C25H19NO/c1-14-4-5-18-19-6-9-23-20(24(19)25(27)21(18)13-14)7-8-22(26-23)17-11-15(2)10-16(3)12-17/h4-13H,1-3H3. The van der Waals surface area contributed by atoms with Crippen molar-refractivity contribution in [1.82, 2.24) is 4.98 Å². The second kappa shape index (κ2) is 5.62. The minimum absolute atomic E-state index is 0.107. The van der Waals surface area contributed by atoms with Gasteiger partial charge in [-0.25, -0.2) is 4.98 Å². The van der Waals surface area contributed by atoms with E-state index in [2.05, 4.69) is 44.2 Å². The van der Waals surface area contributed by atoms with Gasteiger partial charge in [0.2, 0.25) is 0 Å². The molecule has 27 heavy (non-hydrogen) atoms. The number of benzene rings is 3. The zero-order valence-corrected chi connectivity index (χ0v) is 15.6. The zero-order valence-electron chi connectivity index (χ0n) is 15.6. The van der Waals surface area contributed by atoms with Crippen LogP contribution < -0.4 is 0 Å². The van der Waals surface area contributed by atoms with E-state index in [-0.39, 0.29) is 5.78 Å². The van der Waals surface area contributed by atoms with E-state index in [1.165, 1.54) is 11.1 Å². The number of hydrogen-bond acceptors (Lipinski definition) is 2. The van der Waals surface area contributed by atoms with Gasteiger partial charge in [0.1, 0.15) is 0 Å². The Kier molecular flexibility index (Phi) is 3.32. The molecule has 1 aromatic heterocycles. The van der Waals surface area contributed by atoms with Gasteiger partial charge in [-0.05, 0) is 68.3 Å². The predicted octanol–water partition coefficient (Wildman–Crippen LogP) is 6.04. The summed E-state index contributed by atoms with van der Waals surface area (Å²) >= 11 is 0. The highest BCUT2D eigenvalue weighted by Gasteiger charge is 2.28. The highest BCUT2D eigenvalue weighted by atomic mass is 16.1. The molecular formula is C25H19NO. The van der Waals surface area contributed by atoms with Crippen molar-refractivity contribution in [2.45, 2.75) is 20.8 Å². The van der Waals surface area contributed by atoms with Crippen LogP contribution >= 0.6 is 0 Å². The number of rotatable bonds is 1. The molecule has 4 aromatic rings. The van der Waals surface area contributed by atoms with Crippen LogP contribution in [0.4, 0.5) is 0 Å². The van der Waals surface area contributed by atoms with E-state index in [0.717, 1.165) is 50.0 Å². The zero-order chi connectivity index (χ0) is 18.7. The molecule has 0 atom stereocenters. The summed E-state index contributed by atoms with van der Waals surface area (Å²) in [5, 5.41) is 0.930. The van der Waals surface area contributed by atoms with Crippen molar-refractivity contribution in [3.63, 3.8) is 0 Å². The number of fused-ring (bicyclic) bond motifs is 5. The van der Waals surface area contributed by atoms with E-state index in [9.17, 15) is 4.79 Å². The van der Waals surface area contributed by atoms with Crippen molar-refractivity contribution in [1.29, 1.82) is 0 Å². The Bertz CT molecular complexity index is 1250. The number of hydrogen-bond donors (Lipinski definition) is 0. The van der Waals surface area contributed by atoms with Crippen molar-refractivity contribution >= 4 is 16.7 Å². The first-order valence-corrected chi connectivity index (χ1v) is 9.19. The highest BCUT2D eigenvalue weighted by Crippen LogP contribution is 2.40. The van der Waals surface area contributed by atoms with Gasteiger partial charge >= 0.3 is 0 Å². The van der Waals surface area contributed by atoms with Crippen molar-refractivity contribution < 1.29 is 4.79 Å². The van der Waals surface area contributed by atoms with Crippen LogP contribution in [0.15, 0.2) is 60.7 Å². The van der Waals surface area contributed by atoms with Gasteiger partial charge < -0.3 is 0 Å². The topological polar surface area (TPSA) is 30.0 Å². The van der Waals surface area contributed by atoms with Gasteiger partial charge in [-0.1, -0.05) is 41.0 Å². The summed E-state index contributed by atoms with van der Waals surface area (Å²) in [6.45, 7) is 6.22. The molecule has 0 radical (unpaired) electrons. The molecule has 0 amide bonds. The summed E-state index contributed by atoms with van der Waals surface area (Å²) in [7, 11) is 0. The van der Waals surface area contributed by atoms with Crippen LogP contribution in [0.2, 0.25) is 0 Å². The quantitative estimate of drug-likeness (QED) is 0.369. The lowest BCUT2D eigenvalue weighted by molar-refractivity contribution is 0.104. The fraction of sp³-hybridized carbons (Fsp3) is 0.120. The number of aromatic nitrogens is 1. The molecule has 2 heteroatoms. The van der Waals surface area contributed by atoms with E-state index < -0.39 is 0 Å². The van der Waals surface area contributed by atoms with Crippen LogP contribution in [-0.2, 0) is 0 Å². The fourth-order valence-corrected chi connectivity index (χ4v) is 4.17. The molecule has 1 aliphatic carbocycles. The van der Waals surface area contributed by atoms with Crippen LogP contribution in [0, 0.1) is 20.8 Å². The van der Waals surface area contributed by atoms with Crippen molar-refractivity contribution in [3.8, 4) is 22.4 Å². The van der Waals surface area contributed by atoms with Gasteiger partial charge in [-0.3, -0.25) is 4.79 Å². The molecule has 5 rings (SSSR count). The maximum absolute atomic E-state index is 13.1. The first-order chi connectivity index (χ1) is 13.0. The first kappa shape index (κ1) is 16.0. The summed E-state index contributed by atoms with van der Waals surface area (Å²) < 4.78 is 0. The number of carbonyl (C=O) groups is 1. The Hall–Kier alpha value is -3.26. The van der Waals surface area contributed by atoms with E-state index in [1.807, 2.05) is 37.3 Å². The van der Waals surface area contributed by atoms with Crippen LogP contribution in [0.5, 0.6) is 0 Å². The van der Waals surface area contributed by atoms with Gasteiger partial charge in [-0.2, -0.15) is 0 Å². The Labute approximate surface area is 158 Å². The predicted molar refractivity (Wildman–Crippen MR) is 110 cm³/mol. The Morgan fingerprint density at radius 2 is 1.41 bits per heavy atom. The van der Waals surface area contributed by atoms with E-state index in [0.29, 0.717) is 0 Å². The number of pyridine rings is 1. The van der Waals surface area contributed by atoms with Gasteiger partial charge in [0, 0.05) is 22.1 Å². The number of nitrogens with zero attached hydrogens (tertiary/aromatic N) is 1.